The number of rotatable bonds is 1. The van der Waals surface area contributed by atoms with E-state index in [1.165, 1.54) is 25.7 Å². The Hall–Kier alpha value is 0.350. The molecule has 1 fully saturated rings. The molecule has 0 heterocycles. The lowest BCUT2D eigenvalue weighted by atomic mass is 10.0. The Morgan fingerprint density at radius 3 is 2.38 bits per heavy atom. The number of hydrogen-bond donors (Lipinski definition) is 0. The van der Waals surface area contributed by atoms with Gasteiger partial charge in [0.25, 0.3) is 0 Å². The summed E-state index contributed by atoms with van der Waals surface area (Å²) in [4.78, 5) is 0. The molecule has 0 N–H and O–H groups in total. The summed E-state index contributed by atoms with van der Waals surface area (Å²) in [6.45, 7) is 0. The summed E-state index contributed by atoms with van der Waals surface area (Å²) in [6, 6.07) is 0. The van der Waals surface area contributed by atoms with Crippen LogP contribution in [0, 0.1) is 6.42 Å². The van der Waals surface area contributed by atoms with E-state index in [0.717, 1.165) is 5.25 Å². The molecule has 0 amide bonds. The molecule has 1 saturated carbocycles. The Bertz CT molecular complexity index is 55.4. The molecule has 0 atom stereocenters. The molecular weight excluding hydrogens is 116 g/mol. The first-order valence-corrected chi connectivity index (χ1v) is 4.56. The van der Waals surface area contributed by atoms with Gasteiger partial charge < -0.3 is 0 Å². The Balaban J connectivity index is 2.13. The van der Waals surface area contributed by atoms with Gasteiger partial charge in [-0.1, -0.05) is 0 Å². The molecule has 8 heavy (non-hydrogen) atoms. The molecule has 1 radical (unpaired) electrons. The maximum Gasteiger partial charge on any atom is 0.00444 e. The molecule has 47 valence electrons. The third-order valence-electron chi connectivity index (χ3n) is 1.72. The second kappa shape index (κ2) is 3.39. The van der Waals surface area contributed by atoms with Crippen LogP contribution >= 0.6 is 11.8 Å². The summed E-state index contributed by atoms with van der Waals surface area (Å²) < 4.78 is 0. The normalized spacial score (nSPS) is 23.6. The fraction of sp³-hybridized carbons (Fsp3) is 0.857. The smallest absolute Gasteiger partial charge is 0.00444 e. The first-order valence-electron chi connectivity index (χ1n) is 3.28. The van der Waals surface area contributed by atoms with E-state index in [1.807, 2.05) is 11.8 Å². The predicted octanol–water partition coefficient (Wildman–Crippen LogP) is 2.50. The van der Waals surface area contributed by atoms with E-state index in [1.54, 1.807) is 0 Å². The zero-order valence-electron chi connectivity index (χ0n) is 5.39. The Labute approximate surface area is 56.0 Å². The van der Waals surface area contributed by atoms with Crippen molar-refractivity contribution in [3.05, 3.63) is 6.42 Å². The van der Waals surface area contributed by atoms with E-state index >= 15 is 0 Å². The van der Waals surface area contributed by atoms with Gasteiger partial charge in [-0.3, -0.25) is 0 Å². The van der Waals surface area contributed by atoms with E-state index in [0.29, 0.717) is 0 Å². The van der Waals surface area contributed by atoms with Crippen LogP contribution < -0.4 is 0 Å². The van der Waals surface area contributed by atoms with Crippen molar-refractivity contribution in [2.75, 3.05) is 6.26 Å². The van der Waals surface area contributed by atoms with Crippen LogP contribution in [0.3, 0.4) is 0 Å². The van der Waals surface area contributed by atoms with E-state index in [-0.39, 0.29) is 0 Å². The summed E-state index contributed by atoms with van der Waals surface area (Å²) in [6.07, 6.45) is 10.2. The van der Waals surface area contributed by atoms with Gasteiger partial charge in [-0.25, -0.2) is 0 Å². The van der Waals surface area contributed by atoms with Crippen LogP contribution in [0.4, 0.5) is 0 Å². The van der Waals surface area contributed by atoms with Gasteiger partial charge in [-0.05, 0) is 38.4 Å². The second-order valence-electron chi connectivity index (χ2n) is 2.30. The summed E-state index contributed by atoms with van der Waals surface area (Å²) in [5, 5.41) is 0.972. The molecule has 0 unspecified atom stereocenters. The van der Waals surface area contributed by atoms with E-state index in [9.17, 15) is 0 Å². The van der Waals surface area contributed by atoms with Gasteiger partial charge >= 0.3 is 0 Å². The Kier molecular flexibility index (Phi) is 2.74. The quantitative estimate of drug-likeness (QED) is 0.524. The summed E-state index contributed by atoms with van der Waals surface area (Å²) in [5.74, 6) is 0. The molecule has 1 rings (SSSR count). The zero-order chi connectivity index (χ0) is 5.82. The molecule has 0 aromatic heterocycles. The lowest BCUT2D eigenvalue weighted by molar-refractivity contribution is 0.609. The predicted molar refractivity (Wildman–Crippen MR) is 40.1 cm³/mol. The summed E-state index contributed by atoms with van der Waals surface area (Å²) >= 11 is 2.03. The fourth-order valence-electron chi connectivity index (χ4n) is 1.13. The van der Waals surface area contributed by atoms with E-state index in [2.05, 4.69) is 12.7 Å². The van der Waals surface area contributed by atoms with Crippen LogP contribution in [0.1, 0.15) is 25.7 Å². The highest BCUT2D eigenvalue weighted by atomic mass is 32.2. The van der Waals surface area contributed by atoms with Gasteiger partial charge in [0.15, 0.2) is 0 Å². The molecule has 0 aliphatic heterocycles. The third kappa shape index (κ3) is 1.70. The lowest BCUT2D eigenvalue weighted by Crippen LogP contribution is -2.06. The maximum atomic E-state index is 2.41. The van der Waals surface area contributed by atoms with Crippen molar-refractivity contribution in [2.45, 2.75) is 30.9 Å². The summed E-state index contributed by atoms with van der Waals surface area (Å²) in [7, 11) is 0. The Morgan fingerprint density at radius 1 is 1.38 bits per heavy atom. The first kappa shape index (κ1) is 6.47. The minimum atomic E-state index is 0.972. The van der Waals surface area contributed by atoms with Crippen molar-refractivity contribution >= 4 is 11.8 Å². The van der Waals surface area contributed by atoms with Gasteiger partial charge in [-0.2, -0.15) is 11.8 Å². The van der Waals surface area contributed by atoms with Crippen LogP contribution in [-0.2, 0) is 0 Å². The number of hydrogen-bond acceptors (Lipinski definition) is 1. The molecular formula is C7H13S. The van der Waals surface area contributed by atoms with Crippen LogP contribution in [-0.4, -0.2) is 11.5 Å². The average molecular weight is 129 g/mol. The lowest BCUT2D eigenvalue weighted by Gasteiger charge is -2.18. The minimum absolute atomic E-state index is 0.972. The van der Waals surface area contributed by atoms with Crippen LogP contribution in [0.25, 0.3) is 0 Å². The van der Waals surface area contributed by atoms with Gasteiger partial charge in [0.05, 0.1) is 0 Å². The van der Waals surface area contributed by atoms with Crippen LogP contribution in [0.5, 0.6) is 0 Å². The van der Waals surface area contributed by atoms with Gasteiger partial charge in [0.1, 0.15) is 0 Å². The highest BCUT2D eigenvalue weighted by Crippen LogP contribution is 2.25. The van der Waals surface area contributed by atoms with Crippen LogP contribution in [0.15, 0.2) is 0 Å². The highest BCUT2D eigenvalue weighted by molar-refractivity contribution is 7.99. The molecule has 1 heteroatoms. The van der Waals surface area contributed by atoms with Crippen molar-refractivity contribution in [2.24, 2.45) is 0 Å². The van der Waals surface area contributed by atoms with Crippen LogP contribution in [0.2, 0.25) is 0 Å². The molecule has 1 aliphatic carbocycles. The standard InChI is InChI=1S/C7H13S/c1-8-7-5-3-2-4-6-7/h2,7H,3-6H2,1H3. The largest absolute Gasteiger partial charge is 0.162 e. The van der Waals surface area contributed by atoms with Crippen molar-refractivity contribution in [3.63, 3.8) is 0 Å². The SMILES string of the molecule is CSC1CC[CH]CC1. The molecule has 0 aromatic rings. The fourth-order valence-corrected chi connectivity index (χ4v) is 1.88. The minimum Gasteiger partial charge on any atom is -0.162 e. The van der Waals surface area contributed by atoms with Crippen molar-refractivity contribution in [1.29, 1.82) is 0 Å². The highest BCUT2D eigenvalue weighted by Gasteiger charge is 2.10. The van der Waals surface area contributed by atoms with Crippen molar-refractivity contribution in [3.8, 4) is 0 Å². The zero-order valence-corrected chi connectivity index (χ0v) is 6.21. The number of thioether (sulfide) groups is 1. The monoisotopic (exact) mass is 129 g/mol. The molecule has 1 aliphatic rings. The first-order chi connectivity index (χ1) is 3.93. The average Bonchev–Trinajstić information content (AvgIpc) is 1.90. The van der Waals surface area contributed by atoms with E-state index < -0.39 is 0 Å². The third-order valence-corrected chi connectivity index (χ3v) is 2.86. The molecule has 0 bridgehead atoms. The second-order valence-corrected chi connectivity index (χ2v) is 3.44. The molecule has 0 nitrogen and oxygen atoms in total. The Morgan fingerprint density at radius 2 is 2.00 bits per heavy atom. The maximum absolute atomic E-state index is 2.41. The molecule has 0 spiro atoms. The van der Waals surface area contributed by atoms with E-state index in [4.69, 9.17) is 0 Å². The summed E-state index contributed by atoms with van der Waals surface area (Å²) in [5.41, 5.74) is 0. The van der Waals surface area contributed by atoms with Crippen molar-refractivity contribution < 1.29 is 0 Å². The topological polar surface area (TPSA) is 0 Å². The van der Waals surface area contributed by atoms with Gasteiger partial charge in [0.2, 0.25) is 0 Å². The van der Waals surface area contributed by atoms with Gasteiger partial charge in [-0.15, -0.1) is 0 Å². The van der Waals surface area contributed by atoms with Crippen molar-refractivity contribution in [1.82, 2.24) is 0 Å². The molecule has 0 saturated heterocycles. The van der Waals surface area contributed by atoms with Gasteiger partial charge in [0, 0.05) is 5.25 Å². The molecule has 0 aromatic carbocycles.